The molecule has 152 valence electrons. The number of anilines is 1. The van der Waals surface area contributed by atoms with Gasteiger partial charge in [0.25, 0.3) is 5.91 Å². The lowest BCUT2D eigenvalue weighted by Crippen LogP contribution is -2.23. The fourth-order valence-corrected chi connectivity index (χ4v) is 3.26. The number of benzene rings is 2. The molecule has 0 saturated heterocycles. The molecule has 9 nitrogen and oxygen atoms in total. The first-order valence-electron chi connectivity index (χ1n) is 8.28. The van der Waals surface area contributed by atoms with Gasteiger partial charge >= 0.3 is 0 Å². The van der Waals surface area contributed by atoms with Gasteiger partial charge in [0.05, 0.1) is 30.5 Å². The minimum absolute atomic E-state index is 0.00449. The molecular weight excluding hydrogens is 420 g/mol. The van der Waals surface area contributed by atoms with Crippen molar-refractivity contribution in [2.75, 3.05) is 18.1 Å². The van der Waals surface area contributed by atoms with Crippen LogP contribution in [0.2, 0.25) is 5.02 Å². The molecule has 1 heterocycles. The van der Waals surface area contributed by atoms with Crippen LogP contribution in [0.3, 0.4) is 0 Å². The lowest BCUT2D eigenvalue weighted by Gasteiger charge is -2.08. The number of hydrogen-bond acceptors (Lipinski definition) is 7. The number of sulfonamides is 1. The Morgan fingerprint density at radius 3 is 2.72 bits per heavy atom. The second-order valence-electron chi connectivity index (χ2n) is 6.00. The van der Waals surface area contributed by atoms with Crippen molar-refractivity contribution in [2.45, 2.75) is 6.54 Å². The Labute approximate surface area is 172 Å². The van der Waals surface area contributed by atoms with Crippen LogP contribution in [-0.2, 0) is 16.6 Å². The van der Waals surface area contributed by atoms with Gasteiger partial charge in [0.2, 0.25) is 21.7 Å². The van der Waals surface area contributed by atoms with Crippen LogP contribution in [0.5, 0.6) is 5.75 Å². The molecule has 0 aliphatic rings. The molecule has 0 spiro atoms. The molecule has 0 radical (unpaired) electrons. The average Bonchev–Trinajstić information content (AvgIpc) is 3.14. The summed E-state index contributed by atoms with van der Waals surface area (Å²) >= 11 is 6.09. The van der Waals surface area contributed by atoms with Crippen LogP contribution in [0.25, 0.3) is 11.4 Å². The van der Waals surface area contributed by atoms with E-state index in [4.69, 9.17) is 20.9 Å². The zero-order valence-electron chi connectivity index (χ0n) is 15.5. The van der Waals surface area contributed by atoms with Gasteiger partial charge in [0, 0.05) is 11.3 Å². The number of carbonyl (C=O) groups excluding carboxylic acids is 1. The van der Waals surface area contributed by atoms with Crippen molar-refractivity contribution in [3.8, 4) is 17.1 Å². The Morgan fingerprint density at radius 2 is 2.03 bits per heavy atom. The van der Waals surface area contributed by atoms with Crippen molar-refractivity contribution in [3.05, 3.63) is 58.9 Å². The minimum Gasteiger partial charge on any atom is -0.497 e. The molecule has 29 heavy (non-hydrogen) atoms. The second-order valence-corrected chi connectivity index (χ2v) is 8.15. The van der Waals surface area contributed by atoms with Crippen LogP contribution >= 0.6 is 11.6 Å². The van der Waals surface area contributed by atoms with Crippen LogP contribution in [0.1, 0.15) is 16.2 Å². The average molecular weight is 437 g/mol. The molecule has 0 fully saturated rings. The van der Waals surface area contributed by atoms with Gasteiger partial charge in [-0.05, 0) is 30.3 Å². The summed E-state index contributed by atoms with van der Waals surface area (Å²) in [5, 5.41) is 6.62. The number of methoxy groups -OCH3 is 1. The summed E-state index contributed by atoms with van der Waals surface area (Å²) in [6.07, 6.45) is 1.02. The summed E-state index contributed by atoms with van der Waals surface area (Å²) in [6.45, 7) is -0.00449. The first kappa shape index (κ1) is 20.6. The van der Waals surface area contributed by atoms with E-state index in [1.165, 1.54) is 18.2 Å². The molecule has 3 aromatic rings. The quantitative estimate of drug-likeness (QED) is 0.583. The van der Waals surface area contributed by atoms with Gasteiger partial charge in [-0.1, -0.05) is 28.9 Å². The number of amides is 1. The van der Waals surface area contributed by atoms with E-state index in [0.29, 0.717) is 17.1 Å². The number of halogens is 1. The second kappa shape index (κ2) is 8.50. The summed E-state index contributed by atoms with van der Waals surface area (Å²) in [6, 6.07) is 11.4. The minimum atomic E-state index is -3.44. The molecule has 0 saturated carbocycles. The van der Waals surface area contributed by atoms with Gasteiger partial charge in [-0.15, -0.1) is 0 Å². The van der Waals surface area contributed by atoms with E-state index in [-0.39, 0.29) is 28.7 Å². The summed E-state index contributed by atoms with van der Waals surface area (Å²) < 4.78 is 35.1. The van der Waals surface area contributed by atoms with Gasteiger partial charge in [-0.25, -0.2) is 8.42 Å². The van der Waals surface area contributed by atoms with E-state index in [1.54, 1.807) is 25.3 Å². The molecule has 2 aromatic carbocycles. The highest BCUT2D eigenvalue weighted by molar-refractivity contribution is 7.92. The molecule has 0 unspecified atom stereocenters. The number of ether oxygens (including phenoxy) is 1. The maximum Gasteiger partial charge on any atom is 0.253 e. The number of rotatable bonds is 7. The highest BCUT2D eigenvalue weighted by Crippen LogP contribution is 2.23. The summed E-state index contributed by atoms with van der Waals surface area (Å²) in [5.41, 5.74) is 1.15. The van der Waals surface area contributed by atoms with Crippen molar-refractivity contribution < 1.29 is 22.5 Å². The van der Waals surface area contributed by atoms with E-state index in [2.05, 4.69) is 20.2 Å². The standard InChI is InChI=1S/C18H17ClN4O5S/c1-27-13-5-3-4-11(8-13)17-21-16(28-22-17)10-20-18(24)14-7-6-12(9-15(14)19)23-29(2,25)26/h3-9,23H,10H2,1-2H3,(H,20,24). The third-order valence-electron chi connectivity index (χ3n) is 3.71. The Balaban J connectivity index is 1.66. The number of aromatic nitrogens is 2. The van der Waals surface area contributed by atoms with Gasteiger partial charge < -0.3 is 14.6 Å². The SMILES string of the molecule is COc1cccc(-c2noc(CNC(=O)c3ccc(NS(C)(=O)=O)cc3Cl)n2)c1. The predicted molar refractivity (Wildman–Crippen MR) is 107 cm³/mol. The van der Waals surface area contributed by atoms with Crippen molar-refractivity contribution in [1.82, 2.24) is 15.5 Å². The third kappa shape index (κ3) is 5.46. The zero-order valence-corrected chi connectivity index (χ0v) is 17.0. The van der Waals surface area contributed by atoms with Gasteiger partial charge in [-0.2, -0.15) is 4.98 Å². The molecule has 0 aliphatic carbocycles. The molecule has 11 heteroatoms. The summed E-state index contributed by atoms with van der Waals surface area (Å²) in [5.74, 6) is 0.762. The molecule has 1 amide bonds. The number of hydrogen-bond donors (Lipinski definition) is 2. The van der Waals surface area contributed by atoms with Crippen LogP contribution in [0.4, 0.5) is 5.69 Å². The number of carbonyl (C=O) groups is 1. The summed E-state index contributed by atoms with van der Waals surface area (Å²) in [4.78, 5) is 16.6. The maximum atomic E-state index is 12.4. The Bertz CT molecular complexity index is 1150. The van der Waals surface area contributed by atoms with Gasteiger partial charge in [0.1, 0.15) is 5.75 Å². The fraction of sp³-hybridized carbons (Fsp3) is 0.167. The first-order valence-corrected chi connectivity index (χ1v) is 10.5. The molecule has 0 bridgehead atoms. The molecule has 0 aliphatic heterocycles. The van der Waals surface area contributed by atoms with E-state index in [0.717, 1.165) is 6.26 Å². The zero-order chi connectivity index (χ0) is 21.0. The topological polar surface area (TPSA) is 123 Å². The van der Waals surface area contributed by atoms with Crippen LogP contribution in [0.15, 0.2) is 47.0 Å². The highest BCUT2D eigenvalue weighted by atomic mass is 35.5. The largest absolute Gasteiger partial charge is 0.497 e. The lowest BCUT2D eigenvalue weighted by molar-refractivity contribution is 0.0946. The number of nitrogens with one attached hydrogen (secondary N) is 2. The van der Waals surface area contributed by atoms with Crippen molar-refractivity contribution >= 4 is 33.2 Å². The normalized spacial score (nSPS) is 11.1. The summed E-state index contributed by atoms with van der Waals surface area (Å²) in [7, 11) is -1.88. The molecule has 2 N–H and O–H groups in total. The Hall–Kier alpha value is -3.11. The Morgan fingerprint density at radius 1 is 1.24 bits per heavy atom. The molecule has 1 aromatic heterocycles. The lowest BCUT2D eigenvalue weighted by atomic mass is 10.2. The van der Waals surface area contributed by atoms with Gasteiger partial charge in [-0.3, -0.25) is 9.52 Å². The monoisotopic (exact) mass is 436 g/mol. The van der Waals surface area contributed by atoms with E-state index in [9.17, 15) is 13.2 Å². The molecule has 0 atom stereocenters. The highest BCUT2D eigenvalue weighted by Gasteiger charge is 2.14. The molecule has 3 rings (SSSR count). The van der Waals surface area contributed by atoms with Crippen LogP contribution in [0, 0.1) is 0 Å². The van der Waals surface area contributed by atoms with Crippen LogP contribution < -0.4 is 14.8 Å². The Kier molecular flexibility index (Phi) is 6.04. The third-order valence-corrected chi connectivity index (χ3v) is 4.63. The fourth-order valence-electron chi connectivity index (χ4n) is 2.43. The number of nitrogens with zero attached hydrogens (tertiary/aromatic N) is 2. The van der Waals surface area contributed by atoms with E-state index < -0.39 is 15.9 Å². The van der Waals surface area contributed by atoms with Gasteiger partial charge in [0.15, 0.2) is 0 Å². The van der Waals surface area contributed by atoms with Crippen molar-refractivity contribution in [3.63, 3.8) is 0 Å². The predicted octanol–water partition coefficient (Wildman–Crippen LogP) is 2.70. The van der Waals surface area contributed by atoms with E-state index >= 15 is 0 Å². The van der Waals surface area contributed by atoms with Crippen molar-refractivity contribution in [1.29, 1.82) is 0 Å². The van der Waals surface area contributed by atoms with Crippen LogP contribution in [-0.4, -0.2) is 37.8 Å². The maximum absolute atomic E-state index is 12.4. The molecular formula is C18H17ClN4O5S. The van der Waals surface area contributed by atoms with E-state index in [1.807, 2.05) is 6.07 Å². The smallest absolute Gasteiger partial charge is 0.253 e. The first-order chi connectivity index (χ1) is 13.7. The van der Waals surface area contributed by atoms with Crippen molar-refractivity contribution in [2.24, 2.45) is 0 Å².